The third-order valence-corrected chi connectivity index (χ3v) is 4.53. The Bertz CT molecular complexity index is 579. The highest BCUT2D eigenvalue weighted by Gasteiger charge is 2.30. The normalized spacial score (nSPS) is 12.4. The third-order valence-electron chi connectivity index (χ3n) is 2.29. The van der Waals surface area contributed by atoms with Crippen LogP contribution in [0, 0.1) is 0 Å². The number of nitrogens with two attached hydrogens (primary N) is 2. The Morgan fingerprint density at radius 2 is 2.00 bits per heavy atom. The molecule has 0 spiro atoms. The average molecular weight is 306 g/mol. The van der Waals surface area contributed by atoms with E-state index in [0.29, 0.717) is 0 Å². The Labute approximate surface area is 117 Å². The van der Waals surface area contributed by atoms with Gasteiger partial charge in [-0.05, 0) is 26.0 Å². The lowest BCUT2D eigenvalue weighted by Crippen LogP contribution is -2.46. The molecule has 0 saturated heterocycles. The summed E-state index contributed by atoms with van der Waals surface area (Å²) in [6, 6.07) is 4.40. The van der Waals surface area contributed by atoms with Crippen LogP contribution in [0.1, 0.15) is 20.3 Å². The molecule has 1 rings (SSSR count). The SMILES string of the molecule is CC(C)(CC(N)=O)NS(=O)(=O)c1c(N)cccc1Cl. The summed E-state index contributed by atoms with van der Waals surface area (Å²) >= 11 is 5.86. The molecular weight excluding hydrogens is 290 g/mol. The minimum absolute atomic E-state index is 0.0161. The fourth-order valence-electron chi connectivity index (χ4n) is 1.70. The van der Waals surface area contributed by atoms with Gasteiger partial charge in [-0.3, -0.25) is 4.79 Å². The maximum absolute atomic E-state index is 12.2. The molecule has 0 aliphatic heterocycles. The number of carbonyl (C=O) groups excluding carboxylic acids is 1. The first-order valence-electron chi connectivity index (χ1n) is 5.41. The molecule has 0 unspecified atom stereocenters. The van der Waals surface area contributed by atoms with Crippen LogP contribution in [0.2, 0.25) is 5.02 Å². The highest BCUT2D eigenvalue weighted by molar-refractivity contribution is 7.89. The predicted molar refractivity (Wildman–Crippen MR) is 74.1 cm³/mol. The van der Waals surface area contributed by atoms with Crippen molar-refractivity contribution in [2.75, 3.05) is 5.73 Å². The highest BCUT2D eigenvalue weighted by Crippen LogP contribution is 2.28. The number of hydrogen-bond acceptors (Lipinski definition) is 4. The van der Waals surface area contributed by atoms with E-state index in [1.54, 1.807) is 19.9 Å². The summed E-state index contributed by atoms with van der Waals surface area (Å²) in [5.74, 6) is -0.611. The number of nitrogens with one attached hydrogen (secondary N) is 1. The largest absolute Gasteiger partial charge is 0.398 e. The zero-order chi connectivity index (χ0) is 14.8. The lowest BCUT2D eigenvalue weighted by molar-refractivity contribution is -0.119. The Hall–Kier alpha value is -1.31. The minimum Gasteiger partial charge on any atom is -0.398 e. The first-order valence-corrected chi connectivity index (χ1v) is 7.27. The van der Waals surface area contributed by atoms with E-state index in [4.69, 9.17) is 23.1 Å². The summed E-state index contributed by atoms with van der Waals surface area (Å²) in [7, 11) is -3.94. The van der Waals surface area contributed by atoms with E-state index < -0.39 is 21.5 Å². The van der Waals surface area contributed by atoms with Crippen molar-refractivity contribution in [2.24, 2.45) is 5.73 Å². The molecule has 0 bridgehead atoms. The van der Waals surface area contributed by atoms with Crippen molar-refractivity contribution in [1.29, 1.82) is 0 Å². The standard InChI is InChI=1S/C11H16ClN3O3S/c1-11(2,6-9(14)16)15-19(17,18)10-7(12)4-3-5-8(10)13/h3-5,15H,6,13H2,1-2H3,(H2,14,16). The van der Waals surface area contributed by atoms with Crippen molar-refractivity contribution < 1.29 is 13.2 Å². The van der Waals surface area contributed by atoms with Gasteiger partial charge in [0.1, 0.15) is 4.90 Å². The van der Waals surface area contributed by atoms with Crippen LogP contribution in [0.15, 0.2) is 23.1 Å². The first-order chi connectivity index (χ1) is 8.55. The molecule has 106 valence electrons. The van der Waals surface area contributed by atoms with Crippen LogP contribution in [0.25, 0.3) is 0 Å². The lowest BCUT2D eigenvalue weighted by atomic mass is 10.0. The monoisotopic (exact) mass is 305 g/mol. The summed E-state index contributed by atoms with van der Waals surface area (Å²) in [5.41, 5.74) is 9.71. The molecule has 0 radical (unpaired) electrons. The van der Waals surface area contributed by atoms with Gasteiger partial charge in [-0.25, -0.2) is 13.1 Å². The molecular formula is C11H16ClN3O3S. The van der Waals surface area contributed by atoms with Crippen molar-refractivity contribution in [3.05, 3.63) is 23.2 Å². The molecule has 0 aromatic heterocycles. The summed E-state index contributed by atoms with van der Waals surface area (Å²) in [5, 5.41) is 0.0161. The fraction of sp³-hybridized carbons (Fsp3) is 0.364. The number of nitrogen functional groups attached to an aromatic ring is 1. The Kier molecular flexibility index (Phi) is 4.44. The van der Waals surface area contributed by atoms with Crippen LogP contribution < -0.4 is 16.2 Å². The van der Waals surface area contributed by atoms with Crippen molar-refractivity contribution >= 4 is 33.2 Å². The van der Waals surface area contributed by atoms with Crippen molar-refractivity contribution in [2.45, 2.75) is 30.7 Å². The second-order valence-electron chi connectivity index (χ2n) is 4.79. The average Bonchev–Trinajstić information content (AvgIpc) is 2.11. The Balaban J connectivity index is 3.16. The minimum atomic E-state index is -3.94. The Morgan fingerprint density at radius 3 is 2.47 bits per heavy atom. The second-order valence-corrected chi connectivity index (χ2v) is 6.82. The van der Waals surface area contributed by atoms with E-state index in [0.717, 1.165) is 0 Å². The van der Waals surface area contributed by atoms with Gasteiger partial charge in [-0.2, -0.15) is 0 Å². The van der Waals surface area contributed by atoms with Gasteiger partial charge in [-0.15, -0.1) is 0 Å². The smallest absolute Gasteiger partial charge is 0.244 e. The van der Waals surface area contributed by atoms with E-state index in [1.165, 1.54) is 12.1 Å². The second kappa shape index (κ2) is 5.36. The van der Waals surface area contributed by atoms with E-state index in [9.17, 15) is 13.2 Å². The number of anilines is 1. The topological polar surface area (TPSA) is 115 Å². The van der Waals surface area contributed by atoms with Gasteiger partial charge in [0, 0.05) is 12.0 Å². The molecule has 1 aromatic rings. The molecule has 6 nitrogen and oxygen atoms in total. The van der Waals surface area contributed by atoms with Crippen LogP contribution in [-0.4, -0.2) is 19.9 Å². The summed E-state index contributed by atoms with van der Waals surface area (Å²) < 4.78 is 26.9. The van der Waals surface area contributed by atoms with Crippen LogP contribution in [0.4, 0.5) is 5.69 Å². The lowest BCUT2D eigenvalue weighted by Gasteiger charge is -2.25. The van der Waals surface area contributed by atoms with Crippen LogP contribution in [-0.2, 0) is 14.8 Å². The quantitative estimate of drug-likeness (QED) is 0.699. The van der Waals surface area contributed by atoms with Gasteiger partial charge < -0.3 is 11.5 Å². The molecule has 1 amide bonds. The van der Waals surface area contributed by atoms with Crippen LogP contribution >= 0.6 is 11.6 Å². The van der Waals surface area contributed by atoms with E-state index in [-0.39, 0.29) is 22.0 Å². The van der Waals surface area contributed by atoms with E-state index in [1.807, 2.05) is 0 Å². The molecule has 0 aliphatic carbocycles. The predicted octanol–water partition coefficient (Wildman–Crippen LogP) is 0.855. The van der Waals surface area contributed by atoms with Crippen molar-refractivity contribution in [3.63, 3.8) is 0 Å². The van der Waals surface area contributed by atoms with E-state index >= 15 is 0 Å². The van der Waals surface area contributed by atoms with Crippen molar-refractivity contribution in [1.82, 2.24) is 4.72 Å². The summed E-state index contributed by atoms with van der Waals surface area (Å²) in [6.07, 6.45) is -0.142. The highest BCUT2D eigenvalue weighted by atomic mass is 35.5. The zero-order valence-electron chi connectivity index (χ0n) is 10.6. The maximum Gasteiger partial charge on any atom is 0.244 e. The zero-order valence-corrected chi connectivity index (χ0v) is 12.2. The molecule has 0 saturated carbocycles. The van der Waals surface area contributed by atoms with E-state index in [2.05, 4.69) is 4.72 Å². The molecule has 0 heterocycles. The number of carbonyl (C=O) groups is 1. The molecule has 0 aliphatic rings. The Morgan fingerprint density at radius 1 is 1.42 bits per heavy atom. The first kappa shape index (κ1) is 15.7. The number of primary amides is 1. The molecule has 0 fully saturated rings. The number of halogens is 1. The van der Waals surface area contributed by atoms with Crippen LogP contribution in [0.3, 0.4) is 0 Å². The third kappa shape index (κ3) is 4.09. The number of sulfonamides is 1. The van der Waals surface area contributed by atoms with Gasteiger partial charge in [0.25, 0.3) is 0 Å². The van der Waals surface area contributed by atoms with Gasteiger partial charge in [0.2, 0.25) is 15.9 Å². The summed E-state index contributed by atoms with van der Waals surface area (Å²) in [6.45, 7) is 3.09. The summed E-state index contributed by atoms with van der Waals surface area (Å²) in [4.78, 5) is 10.7. The van der Waals surface area contributed by atoms with Gasteiger partial charge in [-0.1, -0.05) is 17.7 Å². The number of amides is 1. The molecule has 8 heteroatoms. The maximum atomic E-state index is 12.2. The number of hydrogen-bond donors (Lipinski definition) is 3. The van der Waals surface area contributed by atoms with Gasteiger partial charge in [0.05, 0.1) is 10.7 Å². The van der Waals surface area contributed by atoms with Crippen LogP contribution in [0.5, 0.6) is 0 Å². The number of benzene rings is 1. The molecule has 5 N–H and O–H groups in total. The molecule has 19 heavy (non-hydrogen) atoms. The molecule has 1 aromatic carbocycles. The molecule has 0 atom stereocenters. The van der Waals surface area contributed by atoms with Gasteiger partial charge in [0.15, 0.2) is 0 Å². The number of rotatable bonds is 5. The van der Waals surface area contributed by atoms with Crippen molar-refractivity contribution in [3.8, 4) is 0 Å². The fourth-order valence-corrected chi connectivity index (χ4v) is 3.79. The van der Waals surface area contributed by atoms with Gasteiger partial charge >= 0.3 is 0 Å².